The van der Waals surface area contributed by atoms with Crippen molar-refractivity contribution in [1.29, 1.82) is 0 Å². The fourth-order valence-electron chi connectivity index (χ4n) is 5.23. The van der Waals surface area contributed by atoms with Gasteiger partial charge in [-0.2, -0.15) is 0 Å². The molecule has 3 rings (SSSR count). The summed E-state index contributed by atoms with van der Waals surface area (Å²) in [4.78, 5) is 54.3. The molecule has 0 aliphatic carbocycles. The Bertz CT molecular complexity index is 1350. The number of carbonyl (C=O) groups excluding carboxylic acids is 4. The van der Waals surface area contributed by atoms with Gasteiger partial charge in [-0.15, -0.1) is 0 Å². The van der Waals surface area contributed by atoms with Crippen molar-refractivity contribution in [3.63, 3.8) is 0 Å². The van der Waals surface area contributed by atoms with Gasteiger partial charge in [-0.1, -0.05) is 25.5 Å². The molecule has 0 spiro atoms. The van der Waals surface area contributed by atoms with Crippen LogP contribution in [0.1, 0.15) is 65.4 Å². The predicted octanol–water partition coefficient (Wildman–Crippen LogP) is 4.00. The van der Waals surface area contributed by atoms with Crippen molar-refractivity contribution in [3.8, 4) is 5.75 Å². The summed E-state index contributed by atoms with van der Waals surface area (Å²) >= 11 is 0. The third kappa shape index (κ3) is 10.9. The number of benzene rings is 2. The first-order valence-corrected chi connectivity index (χ1v) is 16.0. The van der Waals surface area contributed by atoms with E-state index >= 15 is 0 Å². The smallest absolute Gasteiger partial charge is 0.317 e. The van der Waals surface area contributed by atoms with E-state index in [1.807, 2.05) is 26.8 Å². The zero-order valence-electron chi connectivity index (χ0n) is 27.7. The number of rotatable bonds is 13. The monoisotopic (exact) mass is 638 g/mol. The van der Waals surface area contributed by atoms with Gasteiger partial charge in [-0.3, -0.25) is 14.4 Å². The first kappa shape index (κ1) is 36.2. The molecule has 1 aliphatic rings. The molecule has 2 aromatic carbocycles. The van der Waals surface area contributed by atoms with Crippen molar-refractivity contribution in [2.45, 2.75) is 84.4 Å². The highest BCUT2D eigenvalue weighted by molar-refractivity contribution is 5.94. The average molecular weight is 639 g/mol. The van der Waals surface area contributed by atoms with Gasteiger partial charge in [0.05, 0.1) is 37.0 Å². The number of nitrogens with two attached hydrogens (primary N) is 1. The second kappa shape index (κ2) is 17.4. The van der Waals surface area contributed by atoms with Gasteiger partial charge in [0.25, 0.3) is 0 Å². The lowest BCUT2D eigenvalue weighted by molar-refractivity contribution is -0.134. The topological polar surface area (TPSA) is 166 Å². The zero-order chi connectivity index (χ0) is 33.8. The number of carbonyl (C=O) groups is 4. The van der Waals surface area contributed by atoms with Crippen molar-refractivity contribution in [3.05, 3.63) is 48.0 Å². The molecule has 0 fully saturated rings. The van der Waals surface area contributed by atoms with Crippen molar-refractivity contribution < 1.29 is 29.0 Å². The number of nitrogens with zero attached hydrogens (tertiary/aromatic N) is 2. The molecule has 5 amide bonds. The van der Waals surface area contributed by atoms with E-state index in [1.54, 1.807) is 60.2 Å². The van der Waals surface area contributed by atoms with E-state index in [0.29, 0.717) is 60.6 Å². The van der Waals surface area contributed by atoms with Gasteiger partial charge < -0.3 is 41.3 Å². The van der Waals surface area contributed by atoms with E-state index in [-0.39, 0.29) is 61.7 Å². The molecule has 1 aliphatic heterocycles. The van der Waals surface area contributed by atoms with Crippen molar-refractivity contribution in [2.24, 2.45) is 5.92 Å². The highest BCUT2D eigenvalue weighted by Crippen LogP contribution is 2.29. The number of amides is 5. The molecule has 2 aromatic rings. The largest absolute Gasteiger partial charge is 0.488 e. The Morgan fingerprint density at radius 2 is 1.72 bits per heavy atom. The van der Waals surface area contributed by atoms with Gasteiger partial charge in [0.2, 0.25) is 17.7 Å². The molecule has 6 N–H and O–H groups in total. The lowest BCUT2D eigenvalue weighted by Crippen LogP contribution is -2.49. The van der Waals surface area contributed by atoms with Crippen LogP contribution >= 0.6 is 0 Å². The Kier molecular flexibility index (Phi) is 13.7. The molecule has 0 aromatic heterocycles. The van der Waals surface area contributed by atoms with Gasteiger partial charge in [-0.25, -0.2) is 4.79 Å². The number of ether oxygens (including phenoxy) is 1. The Morgan fingerprint density at radius 1 is 1.04 bits per heavy atom. The lowest BCUT2D eigenvalue weighted by atomic mass is 10.0. The number of nitrogen functional groups attached to an aromatic ring is 1. The Hall–Kier alpha value is -4.32. The molecule has 46 heavy (non-hydrogen) atoms. The van der Waals surface area contributed by atoms with Gasteiger partial charge in [0, 0.05) is 49.6 Å². The summed E-state index contributed by atoms with van der Waals surface area (Å²) in [5, 5.41) is 18.5. The number of urea groups is 1. The van der Waals surface area contributed by atoms with Gasteiger partial charge in [0.1, 0.15) is 11.9 Å². The molecular formula is C34H50N6O6. The van der Waals surface area contributed by atoms with Crippen LogP contribution in [0.25, 0.3) is 0 Å². The Morgan fingerprint density at radius 3 is 2.37 bits per heavy atom. The van der Waals surface area contributed by atoms with Crippen LogP contribution in [0.4, 0.5) is 21.9 Å². The summed E-state index contributed by atoms with van der Waals surface area (Å²) in [6, 6.07) is 11.7. The number of nitrogens with one attached hydrogen (secondary N) is 3. The lowest BCUT2D eigenvalue weighted by Gasteiger charge is -2.34. The van der Waals surface area contributed by atoms with Crippen molar-refractivity contribution >= 4 is 40.8 Å². The summed E-state index contributed by atoms with van der Waals surface area (Å²) in [5.74, 6) is -0.0939. The Balaban J connectivity index is 1.62. The molecular weight excluding hydrogens is 588 g/mol. The van der Waals surface area contributed by atoms with E-state index < -0.39 is 12.1 Å². The third-order valence-corrected chi connectivity index (χ3v) is 7.96. The maximum Gasteiger partial charge on any atom is 0.317 e. The van der Waals surface area contributed by atoms with E-state index in [4.69, 9.17) is 10.5 Å². The zero-order valence-corrected chi connectivity index (χ0v) is 27.7. The van der Waals surface area contributed by atoms with Gasteiger partial charge in [0.15, 0.2) is 0 Å². The van der Waals surface area contributed by atoms with Crippen LogP contribution in [0.3, 0.4) is 0 Å². The predicted molar refractivity (Wildman–Crippen MR) is 179 cm³/mol. The molecule has 12 heteroatoms. The van der Waals surface area contributed by atoms with E-state index in [9.17, 15) is 24.3 Å². The first-order chi connectivity index (χ1) is 21.9. The molecule has 0 saturated carbocycles. The minimum absolute atomic E-state index is 0.0200. The standard InChI is InChI=1S/C34H50N6O6/c1-22(2)36-34(45)39(5)20-30-23(3)19-40(24(4)21-41)33(44)18-25-17-26(15-16-29(25)46-30)37-31(42)13-7-6-8-14-32(43)38-28-12-10-9-11-27(28)35/h9-12,15-17,22-24,30,41H,6-8,13-14,18-21,35H2,1-5H3,(H,36,45)(H,37,42)(H,38,43)/t23-,24+,30-/m0/s1. The number of aliphatic hydroxyl groups excluding tert-OH is 1. The normalized spacial score (nSPS) is 17.1. The SMILES string of the molecule is CC(C)NC(=O)N(C)C[C@@H]1Oc2ccc(NC(=O)CCCCCC(=O)Nc3ccccc3N)cc2CC(=O)N([C@H](C)CO)C[C@@H]1C. The molecule has 0 radical (unpaired) electrons. The summed E-state index contributed by atoms with van der Waals surface area (Å²) < 4.78 is 6.46. The van der Waals surface area contributed by atoms with Crippen LogP contribution < -0.4 is 26.4 Å². The maximum atomic E-state index is 13.5. The number of unbranched alkanes of at least 4 members (excludes halogenated alkanes) is 2. The number of fused-ring (bicyclic) bond motifs is 1. The first-order valence-electron chi connectivity index (χ1n) is 16.0. The van der Waals surface area contributed by atoms with Crippen LogP contribution in [0.15, 0.2) is 42.5 Å². The van der Waals surface area contributed by atoms with E-state index in [2.05, 4.69) is 16.0 Å². The molecule has 12 nitrogen and oxygen atoms in total. The fourth-order valence-corrected chi connectivity index (χ4v) is 5.23. The molecule has 3 atom stereocenters. The average Bonchev–Trinajstić information content (AvgIpc) is 3.04. The Labute approximate surface area is 272 Å². The minimum atomic E-state index is -0.437. The molecule has 1 heterocycles. The maximum absolute atomic E-state index is 13.5. The summed E-state index contributed by atoms with van der Waals surface area (Å²) in [5.41, 5.74) is 8.13. The molecule has 252 valence electrons. The van der Waals surface area contributed by atoms with Crippen LogP contribution in [-0.2, 0) is 20.8 Å². The minimum Gasteiger partial charge on any atom is -0.488 e. The fraction of sp³-hybridized carbons (Fsp3) is 0.529. The number of anilines is 3. The molecule has 0 bridgehead atoms. The van der Waals surface area contributed by atoms with E-state index in [0.717, 1.165) is 0 Å². The quantitative estimate of drug-likeness (QED) is 0.163. The van der Waals surface area contributed by atoms with Crippen molar-refractivity contribution in [1.82, 2.24) is 15.1 Å². The second-order valence-corrected chi connectivity index (χ2v) is 12.4. The summed E-state index contributed by atoms with van der Waals surface area (Å²) in [6.07, 6.45) is 2.17. The van der Waals surface area contributed by atoms with Crippen molar-refractivity contribution in [2.75, 3.05) is 43.1 Å². The van der Waals surface area contributed by atoms with Crippen LogP contribution in [0, 0.1) is 5.92 Å². The third-order valence-electron chi connectivity index (χ3n) is 7.96. The number of hydrogen-bond acceptors (Lipinski definition) is 7. The summed E-state index contributed by atoms with van der Waals surface area (Å²) in [7, 11) is 1.70. The highest BCUT2D eigenvalue weighted by atomic mass is 16.5. The summed E-state index contributed by atoms with van der Waals surface area (Å²) in [6.45, 7) is 8.00. The number of para-hydroxylation sites is 2. The van der Waals surface area contributed by atoms with Gasteiger partial charge >= 0.3 is 6.03 Å². The number of likely N-dealkylation sites (N-methyl/N-ethyl adjacent to an activating group) is 1. The number of aliphatic hydroxyl groups is 1. The molecule has 0 unspecified atom stereocenters. The van der Waals surface area contributed by atoms with Crippen LogP contribution in [0.5, 0.6) is 5.75 Å². The molecule has 0 saturated heterocycles. The van der Waals surface area contributed by atoms with Crippen LogP contribution in [-0.4, -0.2) is 83.6 Å². The van der Waals surface area contributed by atoms with Crippen LogP contribution in [0.2, 0.25) is 0 Å². The second-order valence-electron chi connectivity index (χ2n) is 12.4. The van der Waals surface area contributed by atoms with Gasteiger partial charge in [-0.05, 0) is 63.9 Å². The van der Waals surface area contributed by atoms with E-state index in [1.165, 1.54) is 0 Å². The highest BCUT2D eigenvalue weighted by Gasteiger charge is 2.32. The number of hydrogen-bond donors (Lipinski definition) is 5.